The molecule has 0 saturated carbocycles. The monoisotopic (exact) mass is 253 g/mol. The highest BCUT2D eigenvalue weighted by Crippen LogP contribution is 2.26. The first-order valence-electron chi connectivity index (χ1n) is 4.72. The maximum Gasteiger partial charge on any atom is 0.121 e. The fourth-order valence-electron chi connectivity index (χ4n) is 1.44. The molecule has 0 radical (unpaired) electrons. The molecular formula is C12H9Cl2NO. The fourth-order valence-corrected chi connectivity index (χ4v) is 1.98. The van der Waals surface area contributed by atoms with Crippen LogP contribution >= 0.6 is 23.2 Å². The largest absolute Gasteiger partial charge is 0.382 e. The van der Waals surface area contributed by atoms with Gasteiger partial charge in [0.25, 0.3) is 0 Å². The number of hydrogen-bond donors (Lipinski definition) is 1. The summed E-state index contributed by atoms with van der Waals surface area (Å²) in [5, 5.41) is 11.1. The van der Waals surface area contributed by atoms with Crippen molar-refractivity contribution in [2.24, 2.45) is 0 Å². The number of aliphatic hydroxyl groups excluding tert-OH is 1. The van der Waals surface area contributed by atoms with Crippen LogP contribution < -0.4 is 0 Å². The fraction of sp³-hybridized carbons (Fsp3) is 0.0833. The van der Waals surface area contributed by atoms with Crippen LogP contribution in [0.25, 0.3) is 0 Å². The topological polar surface area (TPSA) is 33.1 Å². The first kappa shape index (κ1) is 11.4. The van der Waals surface area contributed by atoms with E-state index in [9.17, 15) is 5.11 Å². The van der Waals surface area contributed by atoms with E-state index in [1.807, 2.05) is 6.07 Å². The molecule has 1 atom stereocenters. The average molecular weight is 254 g/mol. The molecule has 0 amide bonds. The molecule has 16 heavy (non-hydrogen) atoms. The summed E-state index contributed by atoms with van der Waals surface area (Å²) in [6, 6.07) is 10.3. The number of rotatable bonds is 2. The van der Waals surface area contributed by atoms with Gasteiger partial charge in [0, 0.05) is 16.2 Å². The zero-order valence-corrected chi connectivity index (χ0v) is 9.78. The lowest BCUT2D eigenvalue weighted by atomic mass is 10.1. The Balaban J connectivity index is 2.37. The Hall–Kier alpha value is -1.09. The molecule has 0 aliphatic carbocycles. The second-order valence-corrected chi connectivity index (χ2v) is 4.23. The minimum Gasteiger partial charge on any atom is -0.382 e. The van der Waals surface area contributed by atoms with E-state index in [0.717, 1.165) is 0 Å². The summed E-state index contributed by atoms with van der Waals surface area (Å²) >= 11 is 11.7. The van der Waals surface area contributed by atoms with Gasteiger partial charge in [0.15, 0.2) is 0 Å². The summed E-state index contributed by atoms with van der Waals surface area (Å²) in [6.07, 6.45) is 0.822. The number of pyridine rings is 1. The normalized spacial score (nSPS) is 12.4. The minimum atomic E-state index is -0.808. The van der Waals surface area contributed by atoms with Crippen LogP contribution in [0.15, 0.2) is 42.6 Å². The molecule has 1 N–H and O–H groups in total. The molecule has 0 aliphatic rings. The van der Waals surface area contributed by atoms with Gasteiger partial charge in [-0.1, -0.05) is 29.3 Å². The lowest BCUT2D eigenvalue weighted by Gasteiger charge is -2.10. The van der Waals surface area contributed by atoms with Crippen molar-refractivity contribution in [3.8, 4) is 0 Å². The van der Waals surface area contributed by atoms with Gasteiger partial charge in [-0.25, -0.2) is 0 Å². The Morgan fingerprint density at radius 3 is 2.31 bits per heavy atom. The SMILES string of the molecule is O[C@H](c1cc(Cl)cc(Cl)c1)c1ccccn1. The Morgan fingerprint density at radius 2 is 1.75 bits per heavy atom. The molecule has 0 bridgehead atoms. The third-order valence-corrected chi connectivity index (χ3v) is 2.60. The molecule has 0 unspecified atom stereocenters. The summed E-state index contributed by atoms with van der Waals surface area (Å²) in [5.74, 6) is 0. The van der Waals surface area contributed by atoms with Crippen LogP contribution in [-0.2, 0) is 0 Å². The average Bonchev–Trinajstić information content (AvgIpc) is 2.28. The van der Waals surface area contributed by atoms with E-state index in [4.69, 9.17) is 23.2 Å². The highest BCUT2D eigenvalue weighted by atomic mass is 35.5. The maximum absolute atomic E-state index is 10.1. The molecular weight excluding hydrogens is 245 g/mol. The van der Waals surface area contributed by atoms with Crippen molar-refractivity contribution in [2.75, 3.05) is 0 Å². The van der Waals surface area contributed by atoms with Crippen molar-refractivity contribution in [3.05, 3.63) is 63.9 Å². The molecule has 0 saturated heterocycles. The van der Waals surface area contributed by atoms with Crippen molar-refractivity contribution in [1.82, 2.24) is 4.98 Å². The van der Waals surface area contributed by atoms with E-state index in [1.54, 1.807) is 36.5 Å². The van der Waals surface area contributed by atoms with Crippen LogP contribution in [-0.4, -0.2) is 10.1 Å². The number of hydrogen-bond acceptors (Lipinski definition) is 2. The lowest BCUT2D eigenvalue weighted by molar-refractivity contribution is 0.215. The summed E-state index contributed by atoms with van der Waals surface area (Å²) in [4.78, 5) is 4.08. The summed E-state index contributed by atoms with van der Waals surface area (Å²) in [7, 11) is 0. The van der Waals surface area contributed by atoms with E-state index >= 15 is 0 Å². The molecule has 2 aromatic rings. The second-order valence-electron chi connectivity index (χ2n) is 3.36. The van der Waals surface area contributed by atoms with Crippen molar-refractivity contribution < 1.29 is 5.11 Å². The Bertz CT molecular complexity index is 467. The van der Waals surface area contributed by atoms with E-state index in [-0.39, 0.29) is 0 Å². The van der Waals surface area contributed by atoms with Gasteiger partial charge >= 0.3 is 0 Å². The quantitative estimate of drug-likeness (QED) is 0.890. The third kappa shape index (κ3) is 2.53. The van der Waals surface area contributed by atoms with E-state index < -0.39 is 6.10 Å². The summed E-state index contributed by atoms with van der Waals surface area (Å²) in [6.45, 7) is 0. The van der Waals surface area contributed by atoms with Crippen LogP contribution in [0.3, 0.4) is 0 Å². The first-order chi connectivity index (χ1) is 7.66. The van der Waals surface area contributed by atoms with E-state index in [1.165, 1.54) is 0 Å². The second kappa shape index (κ2) is 4.83. The Morgan fingerprint density at radius 1 is 1.06 bits per heavy atom. The summed E-state index contributed by atoms with van der Waals surface area (Å²) in [5.41, 5.74) is 1.21. The minimum absolute atomic E-state index is 0.498. The van der Waals surface area contributed by atoms with Crippen molar-refractivity contribution in [3.63, 3.8) is 0 Å². The Labute approximate surface area is 103 Å². The van der Waals surface area contributed by atoms with Gasteiger partial charge in [-0.3, -0.25) is 4.98 Å². The van der Waals surface area contributed by atoms with Gasteiger partial charge in [0.2, 0.25) is 0 Å². The van der Waals surface area contributed by atoms with Crippen molar-refractivity contribution in [1.29, 1.82) is 0 Å². The number of halogens is 2. The van der Waals surface area contributed by atoms with Gasteiger partial charge in [-0.05, 0) is 35.9 Å². The summed E-state index contributed by atoms with van der Waals surface area (Å²) < 4.78 is 0. The number of nitrogens with zero attached hydrogens (tertiary/aromatic N) is 1. The molecule has 1 aromatic carbocycles. The molecule has 0 aliphatic heterocycles. The zero-order valence-electron chi connectivity index (χ0n) is 8.27. The van der Waals surface area contributed by atoms with Crippen LogP contribution in [0.4, 0.5) is 0 Å². The first-order valence-corrected chi connectivity index (χ1v) is 5.47. The van der Waals surface area contributed by atoms with Crippen LogP contribution in [0.2, 0.25) is 10.0 Å². The molecule has 1 heterocycles. The Kier molecular flexibility index (Phi) is 3.44. The van der Waals surface area contributed by atoms with E-state index in [2.05, 4.69) is 4.98 Å². The third-order valence-electron chi connectivity index (χ3n) is 2.17. The molecule has 4 heteroatoms. The predicted octanol–water partition coefficient (Wildman–Crippen LogP) is 3.47. The molecule has 0 spiro atoms. The molecule has 82 valence electrons. The number of benzene rings is 1. The standard InChI is InChI=1S/C12H9Cl2NO/c13-9-5-8(6-10(14)7-9)12(16)11-3-1-2-4-15-11/h1-7,12,16H/t12-/m1/s1. The van der Waals surface area contributed by atoms with Crippen LogP contribution in [0.1, 0.15) is 17.4 Å². The lowest BCUT2D eigenvalue weighted by Crippen LogP contribution is -2.01. The van der Waals surface area contributed by atoms with Crippen LogP contribution in [0, 0.1) is 0 Å². The maximum atomic E-state index is 10.1. The number of aliphatic hydroxyl groups is 1. The zero-order chi connectivity index (χ0) is 11.5. The molecule has 0 fully saturated rings. The van der Waals surface area contributed by atoms with Gasteiger partial charge in [-0.2, -0.15) is 0 Å². The molecule has 2 nitrogen and oxygen atoms in total. The van der Waals surface area contributed by atoms with Crippen LogP contribution in [0.5, 0.6) is 0 Å². The predicted molar refractivity (Wildman–Crippen MR) is 64.8 cm³/mol. The smallest absolute Gasteiger partial charge is 0.121 e. The molecule has 1 aromatic heterocycles. The van der Waals surface area contributed by atoms with Gasteiger partial charge in [0.05, 0.1) is 5.69 Å². The van der Waals surface area contributed by atoms with Gasteiger partial charge in [0.1, 0.15) is 6.10 Å². The van der Waals surface area contributed by atoms with E-state index in [0.29, 0.717) is 21.3 Å². The highest BCUT2D eigenvalue weighted by Gasteiger charge is 2.12. The van der Waals surface area contributed by atoms with Crippen molar-refractivity contribution in [2.45, 2.75) is 6.10 Å². The molecule has 2 rings (SSSR count). The number of aromatic nitrogens is 1. The van der Waals surface area contributed by atoms with Gasteiger partial charge in [-0.15, -0.1) is 0 Å². The highest BCUT2D eigenvalue weighted by molar-refractivity contribution is 6.34. The van der Waals surface area contributed by atoms with Crippen molar-refractivity contribution >= 4 is 23.2 Å². The van der Waals surface area contributed by atoms with Gasteiger partial charge < -0.3 is 5.11 Å².